The maximum Gasteiger partial charge on any atom is 0.302 e. The standard InChI is InChI=1S/C15H24O4/c1-9-10(2)14-5-13(9)6-15(14,7-18-11(3)16)8-19-12(4)17/h9-10,13-14H,5-8H2,1-4H3. The highest BCUT2D eigenvalue weighted by Gasteiger charge is 2.58. The van der Waals surface area contributed by atoms with Gasteiger partial charge in [0.15, 0.2) is 0 Å². The summed E-state index contributed by atoms with van der Waals surface area (Å²) in [4.78, 5) is 22.2. The van der Waals surface area contributed by atoms with Gasteiger partial charge in [-0.1, -0.05) is 13.8 Å². The van der Waals surface area contributed by atoms with Crippen molar-refractivity contribution < 1.29 is 19.1 Å². The summed E-state index contributed by atoms with van der Waals surface area (Å²) in [6.45, 7) is 8.20. The van der Waals surface area contributed by atoms with Crippen molar-refractivity contribution in [3.8, 4) is 0 Å². The first-order valence-corrected chi connectivity index (χ1v) is 7.12. The summed E-state index contributed by atoms with van der Waals surface area (Å²) >= 11 is 0. The Bertz CT molecular complexity index is 356. The van der Waals surface area contributed by atoms with Gasteiger partial charge in [0.05, 0.1) is 0 Å². The highest BCUT2D eigenvalue weighted by Crippen LogP contribution is 2.61. The van der Waals surface area contributed by atoms with Crippen LogP contribution < -0.4 is 0 Å². The quantitative estimate of drug-likeness (QED) is 0.735. The molecule has 0 aromatic heterocycles. The van der Waals surface area contributed by atoms with Gasteiger partial charge in [-0.2, -0.15) is 0 Å². The minimum absolute atomic E-state index is 0.159. The Labute approximate surface area is 114 Å². The number of rotatable bonds is 4. The van der Waals surface area contributed by atoms with Crippen LogP contribution in [0.5, 0.6) is 0 Å². The Hall–Kier alpha value is -1.06. The highest BCUT2D eigenvalue weighted by atomic mass is 16.5. The fourth-order valence-electron chi connectivity index (χ4n) is 4.17. The van der Waals surface area contributed by atoms with Crippen LogP contribution in [0.3, 0.4) is 0 Å². The second-order valence-electron chi connectivity index (χ2n) is 6.45. The minimum atomic E-state index is -0.259. The number of esters is 2. The van der Waals surface area contributed by atoms with Crippen molar-refractivity contribution >= 4 is 11.9 Å². The molecule has 2 bridgehead atoms. The molecule has 4 heteroatoms. The monoisotopic (exact) mass is 268 g/mol. The molecule has 2 aliphatic carbocycles. The van der Waals surface area contributed by atoms with Crippen molar-refractivity contribution in [2.24, 2.45) is 29.1 Å². The topological polar surface area (TPSA) is 52.6 Å². The van der Waals surface area contributed by atoms with E-state index in [1.54, 1.807) is 0 Å². The second-order valence-corrected chi connectivity index (χ2v) is 6.45. The van der Waals surface area contributed by atoms with Gasteiger partial charge in [0.1, 0.15) is 13.2 Å². The van der Waals surface area contributed by atoms with Crippen molar-refractivity contribution in [1.82, 2.24) is 0 Å². The van der Waals surface area contributed by atoms with Crippen LogP contribution in [0.15, 0.2) is 0 Å². The molecule has 0 aromatic rings. The Balaban J connectivity index is 2.12. The molecule has 4 atom stereocenters. The van der Waals surface area contributed by atoms with E-state index in [9.17, 15) is 9.59 Å². The smallest absolute Gasteiger partial charge is 0.302 e. The van der Waals surface area contributed by atoms with Crippen molar-refractivity contribution in [3.63, 3.8) is 0 Å². The van der Waals surface area contributed by atoms with Crippen molar-refractivity contribution in [2.45, 2.75) is 40.5 Å². The maximum atomic E-state index is 11.1. The number of fused-ring (bicyclic) bond motifs is 2. The van der Waals surface area contributed by atoms with E-state index >= 15 is 0 Å². The molecule has 0 aromatic carbocycles. The Morgan fingerprint density at radius 2 is 1.58 bits per heavy atom. The van der Waals surface area contributed by atoms with Gasteiger partial charge in [0, 0.05) is 19.3 Å². The molecule has 4 nitrogen and oxygen atoms in total. The number of ether oxygens (including phenoxy) is 2. The predicted octanol–water partition coefficient (Wildman–Crippen LogP) is 2.41. The first kappa shape index (κ1) is 14.4. The van der Waals surface area contributed by atoms with Gasteiger partial charge in [-0.3, -0.25) is 9.59 Å². The first-order valence-electron chi connectivity index (χ1n) is 7.12. The lowest BCUT2D eigenvalue weighted by atomic mass is 9.66. The SMILES string of the molecule is CC(=O)OCC1(COC(C)=O)CC2CC1C(C)C2C. The molecule has 2 fully saturated rings. The zero-order chi connectivity index (χ0) is 14.2. The lowest BCUT2D eigenvalue weighted by Gasteiger charge is -2.41. The Morgan fingerprint density at radius 1 is 1.05 bits per heavy atom. The molecule has 4 unspecified atom stereocenters. The zero-order valence-electron chi connectivity index (χ0n) is 12.3. The van der Waals surface area contributed by atoms with E-state index in [1.165, 1.54) is 20.3 Å². The summed E-state index contributed by atoms with van der Waals surface area (Å²) < 4.78 is 10.5. The summed E-state index contributed by atoms with van der Waals surface area (Å²) in [5.41, 5.74) is -0.159. The van der Waals surface area contributed by atoms with Gasteiger partial charge in [-0.05, 0) is 36.5 Å². The molecule has 0 saturated heterocycles. The van der Waals surface area contributed by atoms with E-state index in [1.807, 2.05) is 0 Å². The third-order valence-electron chi connectivity index (χ3n) is 5.35. The molecule has 19 heavy (non-hydrogen) atoms. The Kier molecular flexibility index (Phi) is 3.88. The van der Waals surface area contributed by atoms with Gasteiger partial charge >= 0.3 is 11.9 Å². The molecule has 0 radical (unpaired) electrons. The molecule has 2 saturated carbocycles. The zero-order valence-corrected chi connectivity index (χ0v) is 12.3. The fourth-order valence-corrected chi connectivity index (χ4v) is 4.17. The van der Waals surface area contributed by atoms with Crippen LogP contribution in [0.2, 0.25) is 0 Å². The largest absolute Gasteiger partial charge is 0.465 e. The Morgan fingerprint density at radius 3 is 1.95 bits per heavy atom. The number of carbonyl (C=O) groups excluding carboxylic acids is 2. The number of hydrogen-bond donors (Lipinski definition) is 0. The van der Waals surface area contributed by atoms with Crippen LogP contribution in [0.4, 0.5) is 0 Å². The third kappa shape index (κ3) is 2.63. The molecule has 108 valence electrons. The number of hydrogen-bond acceptors (Lipinski definition) is 4. The fraction of sp³-hybridized carbons (Fsp3) is 0.867. The van der Waals surface area contributed by atoms with E-state index in [0.717, 1.165) is 6.42 Å². The van der Waals surface area contributed by atoms with Gasteiger partial charge in [0.25, 0.3) is 0 Å². The molecule has 0 N–H and O–H groups in total. The average molecular weight is 268 g/mol. The second kappa shape index (κ2) is 5.14. The van der Waals surface area contributed by atoms with Crippen molar-refractivity contribution in [2.75, 3.05) is 13.2 Å². The molecule has 0 heterocycles. The predicted molar refractivity (Wildman–Crippen MR) is 70.2 cm³/mol. The summed E-state index contributed by atoms with van der Waals surface area (Å²) in [7, 11) is 0. The van der Waals surface area contributed by atoms with Crippen LogP contribution in [0.25, 0.3) is 0 Å². The lowest BCUT2D eigenvalue weighted by Crippen LogP contribution is -2.43. The summed E-state index contributed by atoms with van der Waals surface area (Å²) in [5, 5.41) is 0. The van der Waals surface area contributed by atoms with E-state index in [-0.39, 0.29) is 17.4 Å². The van der Waals surface area contributed by atoms with Crippen molar-refractivity contribution in [1.29, 1.82) is 0 Å². The van der Waals surface area contributed by atoms with Gasteiger partial charge in [-0.25, -0.2) is 0 Å². The normalized spacial score (nSPS) is 35.2. The minimum Gasteiger partial charge on any atom is -0.465 e. The van der Waals surface area contributed by atoms with Gasteiger partial charge in [-0.15, -0.1) is 0 Å². The summed E-state index contributed by atoms with van der Waals surface area (Å²) in [6, 6.07) is 0. The molecule has 0 amide bonds. The van der Waals surface area contributed by atoms with Crippen LogP contribution in [0, 0.1) is 29.1 Å². The van der Waals surface area contributed by atoms with Crippen LogP contribution in [-0.2, 0) is 19.1 Å². The molecule has 0 aliphatic heterocycles. The van der Waals surface area contributed by atoms with Crippen LogP contribution in [0.1, 0.15) is 40.5 Å². The molecule has 2 rings (SSSR count). The molecule has 0 spiro atoms. The summed E-state index contributed by atoms with van der Waals surface area (Å²) in [5.74, 6) is 1.96. The van der Waals surface area contributed by atoms with Crippen molar-refractivity contribution in [3.05, 3.63) is 0 Å². The number of carbonyl (C=O) groups is 2. The van der Waals surface area contributed by atoms with Crippen LogP contribution in [-0.4, -0.2) is 25.2 Å². The van der Waals surface area contributed by atoms with Crippen LogP contribution >= 0.6 is 0 Å². The third-order valence-corrected chi connectivity index (χ3v) is 5.35. The van der Waals surface area contributed by atoms with Gasteiger partial charge in [0.2, 0.25) is 0 Å². The van der Waals surface area contributed by atoms with E-state index < -0.39 is 0 Å². The van der Waals surface area contributed by atoms with E-state index in [2.05, 4.69) is 13.8 Å². The molecular weight excluding hydrogens is 244 g/mol. The average Bonchev–Trinajstić information content (AvgIpc) is 2.83. The first-order chi connectivity index (χ1) is 8.85. The molecule has 2 aliphatic rings. The van der Waals surface area contributed by atoms with E-state index in [4.69, 9.17) is 9.47 Å². The molecular formula is C15H24O4. The maximum absolute atomic E-state index is 11.1. The highest BCUT2D eigenvalue weighted by molar-refractivity contribution is 5.66. The van der Waals surface area contributed by atoms with E-state index in [0.29, 0.717) is 36.9 Å². The lowest BCUT2D eigenvalue weighted by molar-refractivity contribution is -0.156. The van der Waals surface area contributed by atoms with Gasteiger partial charge < -0.3 is 9.47 Å². The summed E-state index contributed by atoms with van der Waals surface area (Å²) in [6.07, 6.45) is 2.18.